The first kappa shape index (κ1) is 65.1. The van der Waals surface area contributed by atoms with Crippen LogP contribution in [0.5, 0.6) is 0 Å². The summed E-state index contributed by atoms with van der Waals surface area (Å²) in [5, 5.41) is 0. The van der Waals surface area contributed by atoms with Crippen LogP contribution in [-0.2, 0) is 18.1 Å². The lowest BCUT2D eigenvalue weighted by molar-refractivity contribution is 0.0994. The van der Waals surface area contributed by atoms with Crippen molar-refractivity contribution in [2.45, 2.75) is 314 Å². The van der Waals surface area contributed by atoms with Crippen LogP contribution in [0.4, 0.5) is 0 Å². The van der Waals surface area contributed by atoms with Crippen molar-refractivity contribution in [3.8, 4) is 0 Å². The summed E-state index contributed by atoms with van der Waals surface area (Å²) in [7, 11) is -3.61. The third kappa shape index (κ3) is 43.8. The summed E-state index contributed by atoms with van der Waals surface area (Å²) in [6, 6.07) is 0. The minimum Gasteiger partial charge on any atom is -0.287 e. The number of hydrogen-bond acceptors (Lipinski definition) is 4. The summed E-state index contributed by atoms with van der Waals surface area (Å²) < 4.78 is 32.5. The van der Waals surface area contributed by atoms with E-state index in [2.05, 4.69) is 83.1 Å². The normalized spacial score (nSPS) is 17.3. The minimum atomic E-state index is -3.61. The second-order valence-corrected chi connectivity index (χ2v) is 25.1. The number of hydrogen-bond donors (Lipinski definition) is 0. The van der Waals surface area contributed by atoms with Gasteiger partial charge in [-0.2, -0.15) is 0 Å². The van der Waals surface area contributed by atoms with Crippen LogP contribution in [0, 0.1) is 53.3 Å². The third-order valence-electron chi connectivity index (χ3n) is 15.6. The molecule has 0 aromatic heterocycles. The van der Waals surface area contributed by atoms with Crippen molar-refractivity contribution >= 4 is 7.82 Å². The molecule has 0 saturated heterocycles. The summed E-state index contributed by atoms with van der Waals surface area (Å²) in [4.78, 5) is 0. The molecule has 0 aromatic rings. The van der Waals surface area contributed by atoms with Crippen molar-refractivity contribution in [1.82, 2.24) is 0 Å². The van der Waals surface area contributed by atoms with Crippen molar-refractivity contribution in [3.05, 3.63) is 0 Å². The van der Waals surface area contributed by atoms with Gasteiger partial charge in [-0.3, -0.25) is 13.6 Å². The number of unbranched alkanes of at least 4 members (excludes halogenated alkanes) is 9. The zero-order valence-electron chi connectivity index (χ0n) is 46.9. The molecule has 0 heterocycles. The van der Waals surface area contributed by atoms with Gasteiger partial charge in [-0.1, -0.05) is 295 Å². The second-order valence-electron chi connectivity index (χ2n) is 23.4. The number of phosphoric ester groups is 1. The smallest absolute Gasteiger partial charge is 0.287 e. The van der Waals surface area contributed by atoms with Gasteiger partial charge in [0.15, 0.2) is 0 Å². The predicted molar refractivity (Wildman–Crippen MR) is 291 cm³/mol. The molecular weight excluding hydrogens is 816 g/mol. The van der Waals surface area contributed by atoms with Gasteiger partial charge < -0.3 is 0 Å². The Bertz CT molecular complexity index is 895. The van der Waals surface area contributed by atoms with Gasteiger partial charge in [-0.15, -0.1) is 0 Å². The molecule has 0 bridgehead atoms. The molecule has 0 spiro atoms. The minimum absolute atomic E-state index is 0.445. The van der Waals surface area contributed by atoms with Gasteiger partial charge in [0.05, 0.1) is 19.8 Å². The van der Waals surface area contributed by atoms with Gasteiger partial charge >= 0.3 is 7.82 Å². The Labute approximate surface area is 411 Å². The third-order valence-corrected chi connectivity index (χ3v) is 17.1. The molecule has 0 fully saturated rings. The molecule has 0 saturated carbocycles. The van der Waals surface area contributed by atoms with E-state index in [1.54, 1.807) is 0 Å². The lowest BCUT2D eigenvalue weighted by atomic mass is 9.91. The largest absolute Gasteiger partial charge is 0.474 e. The SMILES string of the molecule is CCCCCCC(C)CCCC(C)CCCC(C)CCOP(=O)(OCCC(C)CCCC(C)CCCC(C)CCCCCC)OCCC(C)CCCC(C)CCCC(C)CCCCCC. The van der Waals surface area contributed by atoms with Crippen molar-refractivity contribution in [3.63, 3.8) is 0 Å². The van der Waals surface area contributed by atoms with E-state index in [9.17, 15) is 4.57 Å². The maximum atomic E-state index is 14.1. The lowest BCUT2D eigenvalue weighted by Gasteiger charge is -2.21. The van der Waals surface area contributed by atoms with Crippen molar-refractivity contribution in [2.75, 3.05) is 19.8 Å². The average molecular weight is 940 g/mol. The van der Waals surface area contributed by atoms with E-state index >= 15 is 0 Å². The highest BCUT2D eigenvalue weighted by Gasteiger charge is 2.27. The molecule has 0 aromatic carbocycles. The fourth-order valence-electron chi connectivity index (χ4n) is 10.2. The fraction of sp³-hybridized carbons (Fsp3) is 1.00. The van der Waals surface area contributed by atoms with Gasteiger partial charge in [0.2, 0.25) is 0 Å². The Morgan fingerprint density at radius 2 is 0.415 bits per heavy atom. The molecule has 0 amide bonds. The van der Waals surface area contributed by atoms with E-state index in [0.29, 0.717) is 37.6 Å². The summed E-state index contributed by atoms with van der Waals surface area (Å²) >= 11 is 0. The average Bonchev–Trinajstić information content (AvgIpc) is 3.25. The Hall–Kier alpha value is 0.110. The number of rotatable bonds is 51. The molecule has 0 aliphatic rings. The van der Waals surface area contributed by atoms with Crippen LogP contribution in [0.2, 0.25) is 0 Å². The summed E-state index contributed by atoms with van der Waals surface area (Å²) in [5.74, 6) is 6.67. The molecule has 0 aliphatic carbocycles. The Morgan fingerprint density at radius 3 is 0.600 bits per heavy atom. The summed E-state index contributed by atoms with van der Waals surface area (Å²) in [5.41, 5.74) is 0. The summed E-state index contributed by atoms with van der Waals surface area (Å²) in [6.07, 6.45) is 47.3. The molecule has 0 rings (SSSR count). The van der Waals surface area contributed by atoms with Crippen LogP contribution in [0.15, 0.2) is 0 Å². The van der Waals surface area contributed by atoms with E-state index < -0.39 is 7.82 Å². The molecule has 65 heavy (non-hydrogen) atoms. The fourth-order valence-corrected chi connectivity index (χ4v) is 11.4. The van der Waals surface area contributed by atoms with E-state index in [4.69, 9.17) is 13.6 Å². The van der Waals surface area contributed by atoms with Crippen molar-refractivity contribution < 1.29 is 18.1 Å². The highest BCUT2D eigenvalue weighted by molar-refractivity contribution is 7.48. The van der Waals surface area contributed by atoms with Crippen LogP contribution in [-0.4, -0.2) is 19.8 Å². The standard InChI is InChI=1S/C60H123O4P/c1-13-16-19-22-31-52(4)34-25-37-55(7)40-28-43-58(10)46-49-62-65(61,63-50-47-59(11)44-29-41-56(8)38-26-35-53(5)32-23-20-17-14-2)64-51-48-60(12)45-30-42-57(9)39-27-36-54(6)33-24-21-18-15-3/h52-60H,13-51H2,1-12H3. The molecule has 0 N–H and O–H groups in total. The second kappa shape index (κ2) is 45.3. The zero-order valence-corrected chi connectivity index (χ0v) is 47.7. The van der Waals surface area contributed by atoms with Crippen LogP contribution in [0.3, 0.4) is 0 Å². The van der Waals surface area contributed by atoms with E-state index in [1.165, 1.54) is 212 Å². The number of phosphoric acid groups is 1. The molecular formula is C60H123O4P. The Kier molecular flexibility index (Phi) is 45.3. The first-order chi connectivity index (χ1) is 31.2. The van der Waals surface area contributed by atoms with Gasteiger partial charge in [0.1, 0.15) is 0 Å². The quantitative estimate of drug-likeness (QED) is 0.0450. The Morgan fingerprint density at radius 1 is 0.246 bits per heavy atom. The van der Waals surface area contributed by atoms with Gasteiger partial charge in [-0.05, 0) is 72.5 Å². The van der Waals surface area contributed by atoms with E-state index in [-0.39, 0.29) is 0 Å². The topological polar surface area (TPSA) is 44.8 Å². The van der Waals surface area contributed by atoms with Gasteiger partial charge in [-0.25, -0.2) is 4.57 Å². The first-order valence-corrected chi connectivity index (χ1v) is 31.2. The Balaban J connectivity index is 4.77. The van der Waals surface area contributed by atoms with Crippen LogP contribution in [0.1, 0.15) is 314 Å². The monoisotopic (exact) mass is 939 g/mol. The van der Waals surface area contributed by atoms with Crippen LogP contribution < -0.4 is 0 Å². The molecule has 392 valence electrons. The molecule has 9 unspecified atom stereocenters. The maximum Gasteiger partial charge on any atom is 0.474 e. The van der Waals surface area contributed by atoms with Crippen molar-refractivity contribution in [2.24, 2.45) is 53.3 Å². The highest BCUT2D eigenvalue weighted by Crippen LogP contribution is 2.50. The van der Waals surface area contributed by atoms with Gasteiger partial charge in [0.25, 0.3) is 0 Å². The van der Waals surface area contributed by atoms with E-state index in [1.807, 2.05) is 0 Å². The lowest BCUT2D eigenvalue weighted by Crippen LogP contribution is -2.09. The molecule has 4 nitrogen and oxygen atoms in total. The molecule has 0 radical (unpaired) electrons. The first-order valence-electron chi connectivity index (χ1n) is 29.8. The van der Waals surface area contributed by atoms with Gasteiger partial charge in [0, 0.05) is 0 Å². The predicted octanol–water partition coefficient (Wildman–Crippen LogP) is 22.0. The molecule has 9 atom stereocenters. The van der Waals surface area contributed by atoms with E-state index in [0.717, 1.165) is 54.8 Å². The molecule has 0 aliphatic heterocycles. The van der Waals surface area contributed by atoms with Crippen molar-refractivity contribution in [1.29, 1.82) is 0 Å². The summed E-state index contributed by atoms with van der Waals surface area (Å²) in [6.45, 7) is 30.0. The highest BCUT2D eigenvalue weighted by atomic mass is 31.2. The molecule has 5 heteroatoms. The maximum absolute atomic E-state index is 14.1. The van der Waals surface area contributed by atoms with Crippen LogP contribution >= 0.6 is 7.82 Å². The van der Waals surface area contributed by atoms with Crippen LogP contribution in [0.25, 0.3) is 0 Å². The zero-order chi connectivity index (χ0) is 48.4.